The number of rotatable bonds is 8. The van der Waals surface area contributed by atoms with E-state index in [9.17, 15) is 9.59 Å². The monoisotopic (exact) mass is 413 g/mol. The first kappa shape index (κ1) is 20.8. The summed E-state index contributed by atoms with van der Waals surface area (Å²) in [4.78, 5) is 31.8. The van der Waals surface area contributed by atoms with Crippen LogP contribution in [0.3, 0.4) is 0 Å². The molecule has 162 valence electrons. The Hall–Kier alpha value is -2.45. The van der Waals surface area contributed by atoms with Crippen molar-refractivity contribution in [3.63, 3.8) is 0 Å². The minimum atomic E-state index is -0.0352. The highest BCUT2D eigenvalue weighted by Gasteiger charge is 2.40. The van der Waals surface area contributed by atoms with Crippen molar-refractivity contribution in [1.82, 2.24) is 24.3 Å². The first-order valence-electron chi connectivity index (χ1n) is 10.7. The molecule has 1 amide bonds. The molecular formula is C22H31N5O3. The van der Waals surface area contributed by atoms with E-state index in [4.69, 9.17) is 4.74 Å². The van der Waals surface area contributed by atoms with Gasteiger partial charge >= 0.3 is 0 Å². The van der Waals surface area contributed by atoms with E-state index in [1.165, 1.54) is 0 Å². The zero-order chi connectivity index (χ0) is 21.1. The molecule has 2 aromatic rings. The van der Waals surface area contributed by atoms with Crippen LogP contribution in [0.4, 0.5) is 0 Å². The first-order chi connectivity index (χ1) is 14.6. The van der Waals surface area contributed by atoms with Gasteiger partial charge in [-0.15, -0.1) is 0 Å². The van der Waals surface area contributed by atoms with Gasteiger partial charge in [-0.05, 0) is 18.4 Å². The maximum atomic E-state index is 12.7. The fourth-order valence-electron chi connectivity index (χ4n) is 4.98. The lowest BCUT2D eigenvalue weighted by atomic mass is 9.78. The molecule has 1 fully saturated rings. The van der Waals surface area contributed by atoms with Gasteiger partial charge in [0, 0.05) is 83.3 Å². The lowest BCUT2D eigenvalue weighted by Crippen LogP contribution is -2.52. The highest BCUT2D eigenvalue weighted by Crippen LogP contribution is 2.40. The van der Waals surface area contributed by atoms with E-state index in [0.717, 1.165) is 44.0 Å². The van der Waals surface area contributed by atoms with Crippen molar-refractivity contribution in [3.05, 3.63) is 52.5 Å². The van der Waals surface area contributed by atoms with Crippen LogP contribution >= 0.6 is 0 Å². The molecule has 0 aromatic carbocycles. The molecule has 1 saturated heterocycles. The minimum absolute atomic E-state index is 0.0209. The topological polar surface area (TPSA) is 81.4 Å². The first-order valence-corrected chi connectivity index (χ1v) is 10.7. The fourth-order valence-corrected chi connectivity index (χ4v) is 4.98. The molecule has 3 atom stereocenters. The Morgan fingerprint density at radius 1 is 1.33 bits per heavy atom. The number of imidazole rings is 1. The Labute approximate surface area is 176 Å². The van der Waals surface area contributed by atoms with Crippen molar-refractivity contribution in [2.24, 2.45) is 13.0 Å². The van der Waals surface area contributed by atoms with Crippen LogP contribution in [0.1, 0.15) is 36.3 Å². The molecule has 0 spiro atoms. The van der Waals surface area contributed by atoms with Crippen LogP contribution in [0.15, 0.2) is 35.4 Å². The number of aromatic nitrogens is 3. The number of hydrogen-bond acceptors (Lipinski definition) is 5. The molecule has 8 nitrogen and oxygen atoms in total. The van der Waals surface area contributed by atoms with Gasteiger partial charge in [0.1, 0.15) is 5.82 Å². The number of fused-ring (bicyclic) bond motifs is 4. The lowest BCUT2D eigenvalue weighted by molar-refractivity contribution is -0.122. The van der Waals surface area contributed by atoms with Gasteiger partial charge in [0.15, 0.2) is 0 Å². The van der Waals surface area contributed by atoms with Crippen LogP contribution in [0.5, 0.6) is 0 Å². The maximum absolute atomic E-state index is 12.7. The number of carbonyl (C=O) groups is 1. The number of pyridine rings is 1. The Kier molecular flexibility index (Phi) is 6.34. The van der Waals surface area contributed by atoms with Gasteiger partial charge in [-0.3, -0.25) is 9.59 Å². The van der Waals surface area contributed by atoms with Crippen LogP contribution < -0.4 is 10.9 Å². The number of likely N-dealkylation sites (tertiary alicyclic amines) is 1. The Morgan fingerprint density at radius 3 is 2.97 bits per heavy atom. The average molecular weight is 414 g/mol. The van der Waals surface area contributed by atoms with Crippen molar-refractivity contribution < 1.29 is 9.53 Å². The molecule has 2 aliphatic rings. The van der Waals surface area contributed by atoms with Gasteiger partial charge in [-0.2, -0.15) is 0 Å². The molecular weight excluding hydrogens is 382 g/mol. The van der Waals surface area contributed by atoms with Crippen LogP contribution in [0, 0.1) is 5.92 Å². The molecule has 1 N–H and O–H groups in total. The molecule has 0 saturated carbocycles. The van der Waals surface area contributed by atoms with Crippen molar-refractivity contribution in [3.8, 4) is 0 Å². The van der Waals surface area contributed by atoms with Crippen LogP contribution in [-0.4, -0.2) is 64.8 Å². The molecule has 4 rings (SSSR count). The smallest absolute Gasteiger partial charge is 0.251 e. The van der Waals surface area contributed by atoms with E-state index in [2.05, 4.69) is 25.8 Å². The van der Waals surface area contributed by atoms with Gasteiger partial charge in [-0.1, -0.05) is 6.07 Å². The zero-order valence-electron chi connectivity index (χ0n) is 17.8. The summed E-state index contributed by atoms with van der Waals surface area (Å²) in [5.74, 6) is 1.73. The number of hydrogen-bond donors (Lipinski definition) is 1. The molecule has 2 bridgehead atoms. The van der Waals surface area contributed by atoms with Gasteiger partial charge in [-0.25, -0.2) is 4.98 Å². The molecule has 0 aliphatic carbocycles. The summed E-state index contributed by atoms with van der Waals surface area (Å²) < 4.78 is 9.00. The van der Waals surface area contributed by atoms with E-state index in [1.807, 2.05) is 30.1 Å². The Morgan fingerprint density at radius 2 is 2.20 bits per heavy atom. The second-order valence-corrected chi connectivity index (χ2v) is 8.43. The number of nitrogens with one attached hydrogen (secondary N) is 1. The van der Waals surface area contributed by atoms with Gasteiger partial charge in [0.25, 0.3) is 5.56 Å². The van der Waals surface area contributed by atoms with Crippen LogP contribution in [0.25, 0.3) is 0 Å². The molecule has 4 heterocycles. The van der Waals surface area contributed by atoms with Crippen molar-refractivity contribution in [1.29, 1.82) is 0 Å². The number of nitrogens with zero attached hydrogens (tertiary/aromatic N) is 4. The maximum Gasteiger partial charge on any atom is 0.251 e. The third-order valence-electron chi connectivity index (χ3n) is 6.49. The van der Waals surface area contributed by atoms with Crippen LogP contribution in [0.2, 0.25) is 0 Å². The summed E-state index contributed by atoms with van der Waals surface area (Å²) >= 11 is 0. The Bertz CT molecular complexity index is 937. The van der Waals surface area contributed by atoms with Crippen molar-refractivity contribution in [2.45, 2.75) is 31.2 Å². The number of amides is 1. The van der Waals surface area contributed by atoms with E-state index in [0.29, 0.717) is 31.4 Å². The number of carbonyl (C=O) groups excluding carboxylic acids is 1. The van der Waals surface area contributed by atoms with Gasteiger partial charge in [0.05, 0.1) is 12.6 Å². The standard InChI is InChI=1S/C22H31N5O3/c1-25-10-8-23-20(25)6-9-26-14-16-12-17(15-26)19(13-24-21(28)7-11-30-2)27-18(16)4-3-5-22(27)29/h3-5,8,10,16-17,19H,6-7,9,11-15H2,1-2H3,(H,24,28)/t16-,17+,19+/m1/s1. The molecule has 2 aromatic heterocycles. The largest absolute Gasteiger partial charge is 0.384 e. The summed E-state index contributed by atoms with van der Waals surface area (Å²) in [6, 6.07) is 5.54. The summed E-state index contributed by atoms with van der Waals surface area (Å²) in [5.41, 5.74) is 1.12. The predicted octanol–water partition coefficient (Wildman–Crippen LogP) is 0.937. The van der Waals surface area contributed by atoms with Crippen molar-refractivity contribution >= 4 is 5.91 Å². The highest BCUT2D eigenvalue weighted by atomic mass is 16.5. The molecule has 0 unspecified atom stereocenters. The summed E-state index contributed by atoms with van der Waals surface area (Å²) in [6.45, 7) is 3.71. The SMILES string of the molecule is COCCC(=O)NC[C@H]1[C@H]2C[C@H](CN(CCc3nccn3C)C2)c2cccc(=O)n21. The third kappa shape index (κ3) is 4.34. The normalized spacial score (nSPS) is 23.2. The predicted molar refractivity (Wildman–Crippen MR) is 113 cm³/mol. The molecule has 2 aliphatic heterocycles. The summed E-state index contributed by atoms with van der Waals surface area (Å²) in [5, 5.41) is 3.02. The second-order valence-electron chi connectivity index (χ2n) is 8.43. The minimum Gasteiger partial charge on any atom is -0.384 e. The summed E-state index contributed by atoms with van der Waals surface area (Å²) in [7, 11) is 3.62. The van der Waals surface area contributed by atoms with E-state index in [1.54, 1.807) is 13.2 Å². The third-order valence-corrected chi connectivity index (χ3v) is 6.49. The molecule has 0 radical (unpaired) electrons. The van der Waals surface area contributed by atoms with Gasteiger partial charge < -0.3 is 24.1 Å². The van der Waals surface area contributed by atoms with E-state index < -0.39 is 0 Å². The number of methoxy groups -OCH3 is 1. The summed E-state index contributed by atoms with van der Waals surface area (Å²) in [6.07, 6.45) is 6.11. The highest BCUT2D eigenvalue weighted by molar-refractivity contribution is 5.75. The number of aryl methyl sites for hydroxylation is 1. The second kappa shape index (κ2) is 9.14. The van der Waals surface area contributed by atoms with Crippen molar-refractivity contribution in [2.75, 3.05) is 39.9 Å². The molecule has 8 heteroatoms. The Balaban J connectivity index is 1.50. The quantitative estimate of drug-likeness (QED) is 0.697. The fraction of sp³-hybridized carbons (Fsp3) is 0.591. The van der Waals surface area contributed by atoms with E-state index >= 15 is 0 Å². The lowest BCUT2D eigenvalue weighted by Gasteiger charge is -2.47. The average Bonchev–Trinajstić information content (AvgIpc) is 3.15. The van der Waals surface area contributed by atoms with Gasteiger partial charge in [0.2, 0.25) is 5.91 Å². The zero-order valence-corrected chi connectivity index (χ0v) is 17.8. The van der Waals surface area contributed by atoms with Crippen LogP contribution in [-0.2, 0) is 23.0 Å². The number of ether oxygens (including phenoxy) is 1. The van der Waals surface area contributed by atoms with E-state index in [-0.39, 0.29) is 17.5 Å². The number of piperidine rings is 1. The molecule has 30 heavy (non-hydrogen) atoms.